The van der Waals surface area contributed by atoms with Crippen molar-refractivity contribution in [3.63, 3.8) is 0 Å². The highest BCUT2D eigenvalue weighted by Crippen LogP contribution is 2.15. The van der Waals surface area contributed by atoms with Gasteiger partial charge in [-0.3, -0.25) is 4.99 Å². The molecule has 2 aliphatic rings. The first-order chi connectivity index (χ1) is 9.83. The van der Waals surface area contributed by atoms with Crippen LogP contribution in [0.3, 0.4) is 0 Å². The summed E-state index contributed by atoms with van der Waals surface area (Å²) in [7, 11) is 1.86. The van der Waals surface area contributed by atoms with Crippen molar-refractivity contribution in [1.82, 2.24) is 10.2 Å². The zero-order chi connectivity index (χ0) is 14.2. The van der Waals surface area contributed by atoms with Crippen LogP contribution in [0.15, 0.2) is 4.99 Å². The van der Waals surface area contributed by atoms with Crippen LogP contribution in [0, 0.1) is 0 Å². The van der Waals surface area contributed by atoms with Crippen LogP contribution in [-0.2, 0) is 9.47 Å². The van der Waals surface area contributed by atoms with Crippen molar-refractivity contribution in [3.8, 4) is 0 Å². The summed E-state index contributed by atoms with van der Waals surface area (Å²) in [5, 5.41) is 3.47. The molecule has 2 fully saturated rings. The Morgan fingerprint density at radius 1 is 1.33 bits per heavy atom. The number of hydrogen-bond donors (Lipinski definition) is 1. The van der Waals surface area contributed by atoms with E-state index >= 15 is 0 Å². The van der Waals surface area contributed by atoms with Gasteiger partial charge in [0.05, 0.1) is 12.2 Å². The van der Waals surface area contributed by atoms with E-state index in [2.05, 4.69) is 22.1 Å². The molecule has 0 radical (unpaired) electrons. The number of aliphatic imine (C=N–C) groups is 1. The second-order valence-electron chi connectivity index (χ2n) is 5.54. The molecule has 0 saturated carbocycles. The number of halogens is 1. The normalized spacial score (nSPS) is 24.0. The molecule has 124 valence electrons. The standard InChI is InChI=1S/C15H29N3O2.HI/c1-3-19-14-7-10-18(11-8-14)15(16-2)17-9-6-13-5-4-12-20-13;/h13-14H,3-12H2,1-2H3,(H,16,17);1H. The van der Waals surface area contributed by atoms with Gasteiger partial charge in [-0.2, -0.15) is 0 Å². The minimum atomic E-state index is 0. The SMILES string of the molecule is CCOC1CCN(C(=NC)NCCC2CCCO2)CC1.I. The summed E-state index contributed by atoms with van der Waals surface area (Å²) in [6.45, 7) is 6.83. The van der Waals surface area contributed by atoms with Gasteiger partial charge in [0.1, 0.15) is 0 Å². The van der Waals surface area contributed by atoms with Crippen LogP contribution in [0.25, 0.3) is 0 Å². The Morgan fingerprint density at radius 3 is 2.67 bits per heavy atom. The molecule has 0 aliphatic carbocycles. The Morgan fingerprint density at radius 2 is 2.10 bits per heavy atom. The number of nitrogens with zero attached hydrogens (tertiary/aromatic N) is 2. The summed E-state index contributed by atoms with van der Waals surface area (Å²) in [4.78, 5) is 6.74. The average Bonchev–Trinajstić information content (AvgIpc) is 2.98. The van der Waals surface area contributed by atoms with Crippen molar-refractivity contribution in [3.05, 3.63) is 0 Å². The molecule has 2 rings (SSSR count). The van der Waals surface area contributed by atoms with E-state index in [1.807, 2.05) is 7.05 Å². The van der Waals surface area contributed by atoms with Gasteiger partial charge in [0, 0.05) is 39.9 Å². The molecular formula is C15H30IN3O2. The Labute approximate surface area is 145 Å². The highest BCUT2D eigenvalue weighted by molar-refractivity contribution is 14.0. The third kappa shape index (κ3) is 6.28. The van der Waals surface area contributed by atoms with E-state index in [0.29, 0.717) is 12.2 Å². The summed E-state index contributed by atoms with van der Waals surface area (Å²) >= 11 is 0. The lowest BCUT2D eigenvalue weighted by molar-refractivity contribution is 0.0263. The Kier molecular flexibility index (Phi) is 9.59. The van der Waals surface area contributed by atoms with E-state index in [0.717, 1.165) is 58.1 Å². The molecule has 1 unspecified atom stereocenters. The number of guanidine groups is 1. The minimum Gasteiger partial charge on any atom is -0.378 e. The first kappa shape index (κ1) is 19.0. The molecule has 0 aromatic rings. The summed E-state index contributed by atoms with van der Waals surface area (Å²) < 4.78 is 11.3. The average molecular weight is 411 g/mol. The van der Waals surface area contributed by atoms with E-state index in [4.69, 9.17) is 9.47 Å². The van der Waals surface area contributed by atoms with Crippen molar-refractivity contribution in [2.75, 3.05) is 39.9 Å². The fourth-order valence-corrected chi connectivity index (χ4v) is 3.02. The van der Waals surface area contributed by atoms with Gasteiger partial charge in [-0.1, -0.05) is 0 Å². The molecule has 1 N–H and O–H groups in total. The maximum absolute atomic E-state index is 5.69. The first-order valence-electron chi connectivity index (χ1n) is 8.02. The predicted octanol–water partition coefficient (Wildman–Crippen LogP) is 2.25. The lowest BCUT2D eigenvalue weighted by Gasteiger charge is -2.34. The lowest BCUT2D eigenvalue weighted by atomic mass is 10.1. The maximum atomic E-state index is 5.69. The van der Waals surface area contributed by atoms with Crippen molar-refractivity contribution in [2.45, 2.75) is 51.2 Å². The van der Waals surface area contributed by atoms with Gasteiger partial charge in [-0.25, -0.2) is 0 Å². The van der Waals surface area contributed by atoms with E-state index in [-0.39, 0.29) is 24.0 Å². The Balaban J connectivity index is 0.00000220. The second-order valence-corrected chi connectivity index (χ2v) is 5.54. The summed E-state index contributed by atoms with van der Waals surface area (Å²) in [5.74, 6) is 1.03. The van der Waals surface area contributed by atoms with Gasteiger partial charge in [0.15, 0.2) is 5.96 Å². The van der Waals surface area contributed by atoms with Crippen molar-refractivity contribution >= 4 is 29.9 Å². The van der Waals surface area contributed by atoms with Crippen molar-refractivity contribution < 1.29 is 9.47 Å². The van der Waals surface area contributed by atoms with Crippen LogP contribution in [-0.4, -0.2) is 63.0 Å². The van der Waals surface area contributed by atoms with Gasteiger partial charge in [-0.05, 0) is 39.0 Å². The number of hydrogen-bond acceptors (Lipinski definition) is 3. The Bertz CT molecular complexity index is 301. The second kappa shape index (κ2) is 10.6. The molecule has 0 aromatic heterocycles. The van der Waals surface area contributed by atoms with Crippen LogP contribution < -0.4 is 5.32 Å². The highest BCUT2D eigenvalue weighted by Gasteiger charge is 2.22. The molecular weight excluding hydrogens is 381 g/mol. The van der Waals surface area contributed by atoms with E-state index in [9.17, 15) is 0 Å². The monoisotopic (exact) mass is 411 g/mol. The third-order valence-electron chi connectivity index (χ3n) is 4.13. The molecule has 2 heterocycles. The molecule has 0 bridgehead atoms. The number of ether oxygens (including phenoxy) is 2. The van der Waals surface area contributed by atoms with Crippen molar-refractivity contribution in [1.29, 1.82) is 0 Å². The molecule has 0 amide bonds. The molecule has 6 heteroatoms. The third-order valence-corrected chi connectivity index (χ3v) is 4.13. The van der Waals surface area contributed by atoms with E-state index < -0.39 is 0 Å². The van der Waals surface area contributed by atoms with Gasteiger partial charge >= 0.3 is 0 Å². The quantitative estimate of drug-likeness (QED) is 0.428. The molecule has 0 aromatic carbocycles. The van der Waals surface area contributed by atoms with Gasteiger partial charge in [-0.15, -0.1) is 24.0 Å². The molecule has 5 nitrogen and oxygen atoms in total. The minimum absolute atomic E-state index is 0. The smallest absolute Gasteiger partial charge is 0.193 e. The summed E-state index contributed by atoms with van der Waals surface area (Å²) in [5.41, 5.74) is 0. The fraction of sp³-hybridized carbons (Fsp3) is 0.933. The number of nitrogens with one attached hydrogen (secondary N) is 1. The predicted molar refractivity (Wildman–Crippen MR) is 96.6 cm³/mol. The van der Waals surface area contributed by atoms with Crippen LogP contribution in [0.4, 0.5) is 0 Å². The van der Waals surface area contributed by atoms with Gasteiger partial charge in [0.25, 0.3) is 0 Å². The maximum Gasteiger partial charge on any atom is 0.193 e. The molecule has 1 atom stereocenters. The largest absolute Gasteiger partial charge is 0.378 e. The molecule has 2 saturated heterocycles. The zero-order valence-corrected chi connectivity index (χ0v) is 15.7. The van der Waals surface area contributed by atoms with Crippen LogP contribution in [0.2, 0.25) is 0 Å². The van der Waals surface area contributed by atoms with Crippen LogP contribution in [0.5, 0.6) is 0 Å². The molecule has 2 aliphatic heterocycles. The number of rotatable bonds is 5. The van der Waals surface area contributed by atoms with Crippen LogP contribution >= 0.6 is 24.0 Å². The van der Waals surface area contributed by atoms with Crippen molar-refractivity contribution in [2.24, 2.45) is 4.99 Å². The van der Waals surface area contributed by atoms with Gasteiger partial charge < -0.3 is 19.7 Å². The fourth-order valence-electron chi connectivity index (χ4n) is 3.02. The van der Waals surface area contributed by atoms with E-state index in [1.54, 1.807) is 0 Å². The summed E-state index contributed by atoms with van der Waals surface area (Å²) in [6, 6.07) is 0. The molecule has 21 heavy (non-hydrogen) atoms. The lowest BCUT2D eigenvalue weighted by Crippen LogP contribution is -2.47. The topological polar surface area (TPSA) is 46.1 Å². The van der Waals surface area contributed by atoms with Crippen LogP contribution in [0.1, 0.15) is 39.0 Å². The highest BCUT2D eigenvalue weighted by atomic mass is 127. The summed E-state index contributed by atoms with van der Waals surface area (Å²) in [6.07, 6.45) is 6.57. The first-order valence-corrected chi connectivity index (χ1v) is 8.02. The van der Waals surface area contributed by atoms with E-state index in [1.165, 1.54) is 12.8 Å². The zero-order valence-electron chi connectivity index (χ0n) is 13.3. The van der Waals surface area contributed by atoms with Gasteiger partial charge in [0.2, 0.25) is 0 Å². The molecule has 0 spiro atoms. The number of piperidine rings is 1. The Hall–Kier alpha value is -0.0800. The number of likely N-dealkylation sites (tertiary alicyclic amines) is 1.